The third kappa shape index (κ3) is 4.80. The van der Waals surface area contributed by atoms with Gasteiger partial charge in [-0.1, -0.05) is 0 Å². The van der Waals surface area contributed by atoms with Crippen molar-refractivity contribution in [1.82, 2.24) is 24.5 Å². The normalized spacial score (nSPS) is 24.2. The van der Waals surface area contributed by atoms with Crippen molar-refractivity contribution in [1.29, 1.82) is 0 Å². The molecule has 3 heterocycles. The predicted molar refractivity (Wildman–Crippen MR) is 96.1 cm³/mol. The number of aryl methyl sites for hydroxylation is 1. The molecule has 0 N–H and O–H groups in total. The molecule has 2 aliphatic heterocycles. The lowest BCUT2D eigenvalue weighted by Gasteiger charge is -2.34. The Balaban J connectivity index is 1.70. The van der Waals surface area contributed by atoms with Crippen molar-refractivity contribution in [2.45, 2.75) is 25.4 Å². The van der Waals surface area contributed by atoms with E-state index in [1.807, 2.05) is 32.0 Å². The highest BCUT2D eigenvalue weighted by Gasteiger charge is 2.32. The van der Waals surface area contributed by atoms with Gasteiger partial charge in [0.05, 0.1) is 12.1 Å². The molecule has 7 nitrogen and oxygen atoms in total. The monoisotopic (exact) mass is 349 g/mol. The van der Waals surface area contributed by atoms with Gasteiger partial charge >= 0.3 is 0 Å². The van der Waals surface area contributed by atoms with Crippen LogP contribution < -0.4 is 0 Å². The quantitative estimate of drug-likeness (QED) is 0.789. The third-order valence-corrected chi connectivity index (χ3v) is 5.30. The van der Waals surface area contributed by atoms with Crippen molar-refractivity contribution < 1.29 is 9.53 Å². The fraction of sp³-hybridized carbons (Fsp3) is 0.778. The molecule has 25 heavy (non-hydrogen) atoms. The van der Waals surface area contributed by atoms with E-state index >= 15 is 0 Å². The van der Waals surface area contributed by atoms with E-state index in [1.54, 1.807) is 4.90 Å². The number of aromatic nitrogens is 2. The maximum Gasteiger partial charge on any atom is 0.227 e. The van der Waals surface area contributed by atoms with Gasteiger partial charge in [-0.2, -0.15) is 5.10 Å². The first-order valence-electron chi connectivity index (χ1n) is 9.26. The Hall–Kier alpha value is -1.44. The molecule has 3 rings (SSSR count). The van der Waals surface area contributed by atoms with Crippen LogP contribution in [0.15, 0.2) is 12.4 Å². The molecular formula is C18H31N5O2. The molecular weight excluding hydrogens is 318 g/mol. The largest absolute Gasteiger partial charge is 0.381 e. The van der Waals surface area contributed by atoms with Crippen LogP contribution in [0.2, 0.25) is 0 Å². The Labute approximate surface area is 150 Å². The number of carbonyl (C=O) groups is 1. The zero-order chi connectivity index (χ0) is 17.8. The van der Waals surface area contributed by atoms with Crippen LogP contribution in [0.25, 0.3) is 0 Å². The Morgan fingerprint density at radius 2 is 2.04 bits per heavy atom. The fourth-order valence-corrected chi connectivity index (χ4v) is 3.96. The zero-order valence-corrected chi connectivity index (χ0v) is 15.7. The summed E-state index contributed by atoms with van der Waals surface area (Å²) in [6, 6.07) is 0.546. The number of ether oxygens (including phenoxy) is 1. The van der Waals surface area contributed by atoms with Crippen molar-refractivity contribution >= 4 is 5.91 Å². The summed E-state index contributed by atoms with van der Waals surface area (Å²) in [6.07, 6.45) is 6.13. The van der Waals surface area contributed by atoms with Crippen LogP contribution in [0.3, 0.4) is 0 Å². The lowest BCUT2D eigenvalue weighted by atomic mass is 10.0. The zero-order valence-electron chi connectivity index (χ0n) is 15.7. The summed E-state index contributed by atoms with van der Waals surface area (Å²) < 4.78 is 7.35. The molecule has 0 saturated carbocycles. The second-order valence-corrected chi connectivity index (χ2v) is 7.53. The number of carbonyl (C=O) groups excluding carboxylic acids is 1. The number of nitrogens with zero attached hydrogens (tertiary/aromatic N) is 5. The van der Waals surface area contributed by atoms with Gasteiger partial charge in [-0.25, -0.2) is 0 Å². The Kier molecular flexibility index (Phi) is 6.09. The second-order valence-electron chi connectivity index (χ2n) is 7.53. The van der Waals surface area contributed by atoms with Crippen molar-refractivity contribution in [3.63, 3.8) is 0 Å². The molecule has 0 bridgehead atoms. The number of hydrogen-bond acceptors (Lipinski definition) is 5. The lowest BCUT2D eigenvalue weighted by molar-refractivity contribution is -0.134. The minimum atomic E-state index is 0.0250. The highest BCUT2D eigenvalue weighted by atomic mass is 16.5. The Morgan fingerprint density at radius 3 is 2.68 bits per heavy atom. The lowest BCUT2D eigenvalue weighted by Crippen LogP contribution is -2.45. The smallest absolute Gasteiger partial charge is 0.227 e. The molecule has 0 aliphatic carbocycles. The van der Waals surface area contributed by atoms with Crippen LogP contribution in [0.5, 0.6) is 0 Å². The second kappa shape index (κ2) is 8.29. The molecule has 0 radical (unpaired) electrons. The van der Waals surface area contributed by atoms with Gasteiger partial charge in [0.2, 0.25) is 5.91 Å². The summed E-state index contributed by atoms with van der Waals surface area (Å²) in [6.45, 7) is 6.20. The molecule has 0 spiro atoms. The van der Waals surface area contributed by atoms with Crippen LogP contribution >= 0.6 is 0 Å². The standard InChI is InChI=1S/C18H31N5O2/c1-20(2)18(24)16-13-22(12-15-10-19-21(3)11-15)6-7-23(14-16)17-4-8-25-9-5-17/h10-11,16-17H,4-9,12-14H2,1-3H3/t16-/m1/s1. The molecule has 1 aromatic heterocycles. The maximum atomic E-state index is 12.7. The van der Waals surface area contributed by atoms with Gasteiger partial charge in [0.25, 0.3) is 0 Å². The maximum absolute atomic E-state index is 12.7. The van der Waals surface area contributed by atoms with Gasteiger partial charge in [-0.15, -0.1) is 0 Å². The fourth-order valence-electron chi connectivity index (χ4n) is 3.96. The summed E-state index contributed by atoms with van der Waals surface area (Å²) in [4.78, 5) is 19.4. The number of hydrogen-bond donors (Lipinski definition) is 0. The van der Waals surface area contributed by atoms with Crippen LogP contribution in [-0.2, 0) is 23.1 Å². The Morgan fingerprint density at radius 1 is 1.28 bits per heavy atom. The molecule has 1 amide bonds. The topological polar surface area (TPSA) is 53.8 Å². The molecule has 1 aromatic rings. The van der Waals surface area contributed by atoms with E-state index in [1.165, 1.54) is 5.56 Å². The van der Waals surface area contributed by atoms with E-state index in [9.17, 15) is 4.79 Å². The minimum Gasteiger partial charge on any atom is -0.381 e. The SMILES string of the molecule is CN(C)C(=O)[C@@H]1CN(Cc2cnn(C)c2)CCN(C2CCOCC2)C1. The van der Waals surface area contributed by atoms with Crippen molar-refractivity contribution in [3.05, 3.63) is 18.0 Å². The Bertz CT molecular complexity index is 568. The van der Waals surface area contributed by atoms with Crippen molar-refractivity contribution in [2.75, 3.05) is 53.5 Å². The summed E-state index contributed by atoms with van der Waals surface area (Å²) in [7, 11) is 5.66. The highest BCUT2D eigenvalue weighted by Crippen LogP contribution is 2.21. The first kappa shape index (κ1) is 18.4. The van der Waals surface area contributed by atoms with E-state index in [2.05, 4.69) is 21.1 Å². The van der Waals surface area contributed by atoms with Crippen LogP contribution in [0, 0.1) is 5.92 Å². The molecule has 0 aromatic carbocycles. The molecule has 2 saturated heterocycles. The van der Waals surface area contributed by atoms with Gasteiger partial charge in [0.1, 0.15) is 0 Å². The van der Waals surface area contributed by atoms with Gasteiger partial charge in [-0.05, 0) is 12.8 Å². The van der Waals surface area contributed by atoms with Gasteiger partial charge < -0.3 is 9.64 Å². The molecule has 140 valence electrons. The van der Waals surface area contributed by atoms with Crippen molar-refractivity contribution in [2.24, 2.45) is 13.0 Å². The van der Waals surface area contributed by atoms with Crippen LogP contribution in [0.4, 0.5) is 0 Å². The molecule has 0 unspecified atom stereocenters. The highest BCUT2D eigenvalue weighted by molar-refractivity contribution is 5.78. The summed E-state index contributed by atoms with van der Waals surface area (Å²) in [5.41, 5.74) is 1.21. The molecule has 1 atom stereocenters. The van der Waals surface area contributed by atoms with E-state index < -0.39 is 0 Å². The summed E-state index contributed by atoms with van der Waals surface area (Å²) in [5.74, 6) is 0.257. The number of amides is 1. The molecule has 7 heteroatoms. The summed E-state index contributed by atoms with van der Waals surface area (Å²) in [5, 5.41) is 4.27. The van der Waals surface area contributed by atoms with Gasteiger partial charge in [0, 0.05) is 84.9 Å². The van der Waals surface area contributed by atoms with Crippen LogP contribution in [0.1, 0.15) is 18.4 Å². The minimum absolute atomic E-state index is 0.0250. The first-order chi connectivity index (χ1) is 12.0. The average Bonchev–Trinajstić information content (AvgIpc) is 2.90. The summed E-state index contributed by atoms with van der Waals surface area (Å²) >= 11 is 0. The first-order valence-corrected chi connectivity index (χ1v) is 9.26. The van der Waals surface area contributed by atoms with Crippen LogP contribution in [-0.4, -0.2) is 89.9 Å². The number of rotatable bonds is 4. The average molecular weight is 349 g/mol. The van der Waals surface area contributed by atoms with E-state index in [-0.39, 0.29) is 11.8 Å². The molecule has 2 fully saturated rings. The van der Waals surface area contributed by atoms with E-state index in [0.29, 0.717) is 6.04 Å². The molecule has 2 aliphatic rings. The van der Waals surface area contributed by atoms with E-state index in [4.69, 9.17) is 4.74 Å². The van der Waals surface area contributed by atoms with E-state index in [0.717, 1.165) is 58.8 Å². The third-order valence-electron chi connectivity index (χ3n) is 5.30. The van der Waals surface area contributed by atoms with Gasteiger partial charge in [-0.3, -0.25) is 19.3 Å². The predicted octanol–water partition coefficient (Wildman–Crippen LogP) is 0.421. The van der Waals surface area contributed by atoms with Crippen molar-refractivity contribution in [3.8, 4) is 0 Å². The van der Waals surface area contributed by atoms with Gasteiger partial charge in [0.15, 0.2) is 0 Å².